The van der Waals surface area contributed by atoms with Gasteiger partial charge in [-0.3, -0.25) is 14.4 Å². The summed E-state index contributed by atoms with van der Waals surface area (Å²) in [5, 5.41) is 5.34. The van der Waals surface area contributed by atoms with Crippen molar-refractivity contribution in [3.05, 3.63) is 100 Å². The molecule has 2 N–H and O–H groups in total. The van der Waals surface area contributed by atoms with E-state index in [-0.39, 0.29) is 16.6 Å². The number of amides is 3. The van der Waals surface area contributed by atoms with E-state index in [1.807, 2.05) is 12.1 Å². The highest BCUT2D eigenvalue weighted by Gasteiger charge is 2.38. The molecule has 4 rings (SSSR count). The molecule has 8 heteroatoms. The van der Waals surface area contributed by atoms with Gasteiger partial charge in [0.2, 0.25) is 0 Å². The van der Waals surface area contributed by atoms with Crippen LogP contribution >= 0.6 is 11.6 Å². The molecule has 0 aliphatic carbocycles. The highest BCUT2D eigenvalue weighted by atomic mass is 35.5. The van der Waals surface area contributed by atoms with Crippen molar-refractivity contribution in [2.75, 3.05) is 15.5 Å². The number of carbonyl (C=O) groups is 3. The second-order valence-electron chi connectivity index (χ2n) is 8.04. The Hall–Kier alpha value is -3.97. The van der Waals surface area contributed by atoms with Crippen molar-refractivity contribution < 1.29 is 18.8 Å². The molecule has 1 aliphatic rings. The van der Waals surface area contributed by atoms with Crippen molar-refractivity contribution >= 4 is 46.4 Å². The van der Waals surface area contributed by atoms with Crippen LogP contribution in [0.2, 0.25) is 0 Å². The van der Waals surface area contributed by atoms with Gasteiger partial charge in [-0.2, -0.15) is 0 Å². The zero-order chi connectivity index (χ0) is 24.4. The SMILES string of the molecule is CC(C)c1ccc(N2C(=O)C(Cl)=C(Nc3ccc(C(=O)Nc4ccc(F)cc4)cc3)C2=O)cc1. The van der Waals surface area contributed by atoms with E-state index in [0.29, 0.717) is 28.5 Å². The first kappa shape index (κ1) is 23.2. The number of halogens is 2. The van der Waals surface area contributed by atoms with Gasteiger partial charge in [-0.25, -0.2) is 9.29 Å². The van der Waals surface area contributed by atoms with Crippen molar-refractivity contribution in [3.63, 3.8) is 0 Å². The van der Waals surface area contributed by atoms with Crippen LogP contribution in [0.25, 0.3) is 0 Å². The summed E-state index contributed by atoms with van der Waals surface area (Å²) in [5.74, 6) is -1.63. The first-order valence-electron chi connectivity index (χ1n) is 10.6. The Morgan fingerprint density at radius 3 is 2.03 bits per heavy atom. The topological polar surface area (TPSA) is 78.5 Å². The van der Waals surface area contributed by atoms with Gasteiger partial charge in [0, 0.05) is 16.9 Å². The van der Waals surface area contributed by atoms with Crippen LogP contribution in [0.15, 0.2) is 83.5 Å². The van der Waals surface area contributed by atoms with Crippen LogP contribution in [0.3, 0.4) is 0 Å². The molecule has 172 valence electrons. The summed E-state index contributed by atoms with van der Waals surface area (Å²) in [5.41, 5.74) is 2.77. The molecule has 1 heterocycles. The first-order chi connectivity index (χ1) is 16.2. The zero-order valence-corrected chi connectivity index (χ0v) is 19.2. The van der Waals surface area contributed by atoms with Gasteiger partial charge in [0.1, 0.15) is 16.5 Å². The molecule has 0 aromatic heterocycles. The van der Waals surface area contributed by atoms with Crippen LogP contribution in [-0.2, 0) is 9.59 Å². The van der Waals surface area contributed by atoms with Gasteiger partial charge in [-0.05, 0) is 72.1 Å². The Kier molecular flexibility index (Phi) is 6.47. The molecular formula is C26H21ClFN3O3. The second kappa shape index (κ2) is 9.49. The van der Waals surface area contributed by atoms with Crippen LogP contribution in [0.1, 0.15) is 35.7 Å². The van der Waals surface area contributed by atoms with E-state index in [1.54, 1.807) is 36.4 Å². The monoisotopic (exact) mass is 477 g/mol. The number of anilines is 3. The number of hydrogen-bond acceptors (Lipinski definition) is 4. The standard InChI is InChI=1S/C26H21ClFN3O3/c1-15(2)16-5-13-21(14-6-16)31-25(33)22(27)23(26(31)34)29-19-9-3-17(4-10-19)24(32)30-20-11-7-18(28)8-12-20/h3-15,29H,1-2H3,(H,30,32). The Bertz CT molecular complexity index is 1280. The van der Waals surface area contributed by atoms with E-state index in [0.717, 1.165) is 10.5 Å². The van der Waals surface area contributed by atoms with Crippen LogP contribution in [0.5, 0.6) is 0 Å². The summed E-state index contributed by atoms with van der Waals surface area (Å²) in [6.45, 7) is 4.11. The van der Waals surface area contributed by atoms with Crippen LogP contribution in [0.4, 0.5) is 21.5 Å². The number of nitrogens with one attached hydrogen (secondary N) is 2. The predicted octanol–water partition coefficient (Wildman–Crippen LogP) is 5.64. The van der Waals surface area contributed by atoms with Crippen molar-refractivity contribution in [3.8, 4) is 0 Å². The fourth-order valence-electron chi connectivity index (χ4n) is 3.44. The third-order valence-corrected chi connectivity index (χ3v) is 5.71. The number of hydrogen-bond donors (Lipinski definition) is 2. The fourth-order valence-corrected chi connectivity index (χ4v) is 3.65. The molecular weight excluding hydrogens is 457 g/mol. The number of nitrogens with zero attached hydrogens (tertiary/aromatic N) is 1. The van der Waals surface area contributed by atoms with E-state index >= 15 is 0 Å². The lowest BCUT2D eigenvalue weighted by Crippen LogP contribution is -2.32. The maximum atomic E-state index is 13.0. The van der Waals surface area contributed by atoms with Crippen molar-refractivity contribution in [2.45, 2.75) is 19.8 Å². The van der Waals surface area contributed by atoms with E-state index in [9.17, 15) is 18.8 Å². The van der Waals surface area contributed by atoms with Gasteiger partial charge in [0.25, 0.3) is 17.7 Å². The summed E-state index contributed by atoms with van der Waals surface area (Å²) >= 11 is 6.20. The second-order valence-corrected chi connectivity index (χ2v) is 8.42. The van der Waals surface area contributed by atoms with Gasteiger partial charge < -0.3 is 10.6 Å². The van der Waals surface area contributed by atoms with Gasteiger partial charge >= 0.3 is 0 Å². The average molecular weight is 478 g/mol. The lowest BCUT2D eigenvalue weighted by molar-refractivity contribution is -0.120. The fraction of sp³-hybridized carbons (Fsp3) is 0.115. The molecule has 0 bridgehead atoms. The maximum absolute atomic E-state index is 13.0. The molecule has 3 amide bonds. The van der Waals surface area contributed by atoms with E-state index in [1.165, 1.54) is 24.3 Å². The summed E-state index contributed by atoms with van der Waals surface area (Å²) < 4.78 is 13.0. The first-order valence-corrected chi connectivity index (χ1v) is 10.9. The van der Waals surface area contributed by atoms with Gasteiger partial charge in [-0.15, -0.1) is 0 Å². The number of imide groups is 1. The summed E-state index contributed by atoms with van der Waals surface area (Å²) in [7, 11) is 0. The minimum Gasteiger partial charge on any atom is -0.350 e. The van der Waals surface area contributed by atoms with E-state index < -0.39 is 17.6 Å². The number of carbonyl (C=O) groups excluding carboxylic acids is 3. The largest absolute Gasteiger partial charge is 0.350 e. The Morgan fingerprint density at radius 2 is 1.44 bits per heavy atom. The van der Waals surface area contributed by atoms with Crippen molar-refractivity contribution in [2.24, 2.45) is 0 Å². The van der Waals surface area contributed by atoms with Crippen molar-refractivity contribution in [1.29, 1.82) is 0 Å². The number of benzene rings is 3. The summed E-state index contributed by atoms with van der Waals surface area (Å²) in [6.07, 6.45) is 0. The highest BCUT2D eigenvalue weighted by molar-refractivity contribution is 6.53. The van der Waals surface area contributed by atoms with Crippen molar-refractivity contribution in [1.82, 2.24) is 0 Å². The molecule has 0 atom stereocenters. The Labute approximate surface area is 201 Å². The van der Waals surface area contributed by atoms with E-state index in [4.69, 9.17) is 11.6 Å². The molecule has 0 saturated heterocycles. The highest BCUT2D eigenvalue weighted by Crippen LogP contribution is 2.31. The molecule has 0 saturated carbocycles. The zero-order valence-electron chi connectivity index (χ0n) is 18.4. The normalized spacial score (nSPS) is 13.6. The molecule has 0 fully saturated rings. The third kappa shape index (κ3) is 4.70. The smallest absolute Gasteiger partial charge is 0.283 e. The Balaban J connectivity index is 1.46. The molecule has 0 spiro atoms. The summed E-state index contributed by atoms with van der Waals surface area (Å²) in [4.78, 5) is 39.1. The third-order valence-electron chi connectivity index (χ3n) is 5.36. The predicted molar refractivity (Wildman–Crippen MR) is 130 cm³/mol. The molecule has 3 aromatic rings. The van der Waals surface area contributed by atoms with E-state index in [2.05, 4.69) is 24.5 Å². The lowest BCUT2D eigenvalue weighted by atomic mass is 10.0. The molecule has 34 heavy (non-hydrogen) atoms. The quantitative estimate of drug-likeness (QED) is 0.450. The minimum atomic E-state index is -0.609. The van der Waals surface area contributed by atoms with Gasteiger partial charge in [0.05, 0.1) is 5.69 Å². The maximum Gasteiger partial charge on any atom is 0.283 e. The van der Waals surface area contributed by atoms with Gasteiger partial charge in [-0.1, -0.05) is 37.6 Å². The Morgan fingerprint density at radius 1 is 0.853 bits per heavy atom. The molecule has 1 aliphatic heterocycles. The van der Waals surface area contributed by atoms with Crippen LogP contribution in [-0.4, -0.2) is 17.7 Å². The lowest BCUT2D eigenvalue weighted by Gasteiger charge is -2.16. The average Bonchev–Trinajstić information content (AvgIpc) is 3.04. The van der Waals surface area contributed by atoms with Gasteiger partial charge in [0.15, 0.2) is 0 Å². The molecule has 0 radical (unpaired) electrons. The summed E-state index contributed by atoms with van der Waals surface area (Å²) in [6, 6.07) is 18.9. The molecule has 6 nitrogen and oxygen atoms in total. The molecule has 0 unspecified atom stereocenters. The van der Waals surface area contributed by atoms with Crippen LogP contribution < -0.4 is 15.5 Å². The number of rotatable bonds is 6. The molecule has 3 aromatic carbocycles. The minimum absolute atomic E-state index is 0.0388. The van der Waals surface area contributed by atoms with Crippen LogP contribution in [0, 0.1) is 5.82 Å².